The number of hydrogen-bond acceptors (Lipinski definition) is 10. The fourth-order valence-corrected chi connectivity index (χ4v) is 9.68. The first kappa shape index (κ1) is 52.3. The summed E-state index contributed by atoms with van der Waals surface area (Å²) in [5.74, 6) is -1.23. The topological polar surface area (TPSA) is 221 Å². The summed E-state index contributed by atoms with van der Waals surface area (Å²) in [5.41, 5.74) is -0.408. The Morgan fingerprint density at radius 2 is 1.07 bits per heavy atom. The van der Waals surface area contributed by atoms with E-state index < -0.39 is 74.9 Å². The number of rotatable bonds is 10. The van der Waals surface area contributed by atoms with Crippen molar-refractivity contribution in [1.82, 2.24) is 24.9 Å². The van der Waals surface area contributed by atoms with Crippen molar-refractivity contribution in [2.45, 2.75) is 57.3 Å². The molecular formula is C45H37Cl2F6N8O7S2+. The molecule has 0 aliphatic carbocycles. The van der Waals surface area contributed by atoms with Crippen LogP contribution in [-0.2, 0) is 32.4 Å². The van der Waals surface area contributed by atoms with E-state index in [4.69, 9.17) is 23.2 Å². The predicted molar refractivity (Wildman–Crippen MR) is 247 cm³/mol. The van der Waals surface area contributed by atoms with Gasteiger partial charge in [0.25, 0.3) is 20.0 Å². The number of pyridine rings is 4. The first-order valence-corrected chi connectivity index (χ1v) is 23.4. The highest BCUT2D eigenvalue weighted by molar-refractivity contribution is 7.93. The molecule has 8 rings (SSSR count). The zero-order chi connectivity index (χ0) is 50.5. The molecule has 6 aromatic heterocycles. The first-order valence-electron chi connectivity index (χ1n) is 19.6. The van der Waals surface area contributed by atoms with Crippen LogP contribution in [0.4, 0.5) is 37.7 Å². The lowest BCUT2D eigenvalue weighted by atomic mass is 10.00. The Labute approximate surface area is 404 Å². The van der Waals surface area contributed by atoms with Gasteiger partial charge < -0.3 is 10.2 Å². The van der Waals surface area contributed by atoms with Crippen LogP contribution < -0.4 is 14.2 Å². The summed E-state index contributed by atoms with van der Waals surface area (Å²) in [6.45, 7) is 6.49. The molecule has 8 aromatic rings. The molecule has 0 saturated heterocycles. The molecular weight excluding hydrogens is 1010 g/mol. The summed E-state index contributed by atoms with van der Waals surface area (Å²) in [5, 5.41) is 9.66. The van der Waals surface area contributed by atoms with Gasteiger partial charge in [-0.3, -0.25) is 29.0 Å². The second-order valence-electron chi connectivity index (χ2n) is 15.3. The highest BCUT2D eigenvalue weighted by atomic mass is 35.5. The van der Waals surface area contributed by atoms with Crippen molar-refractivity contribution in [3.63, 3.8) is 0 Å². The number of aryl methyl sites for hydroxylation is 4. The van der Waals surface area contributed by atoms with Gasteiger partial charge in [-0.2, -0.15) is 26.3 Å². The smallest absolute Gasteiger partial charge is 0.350 e. The number of benzene rings is 2. The van der Waals surface area contributed by atoms with Crippen molar-refractivity contribution in [1.29, 1.82) is 0 Å². The van der Waals surface area contributed by atoms with Gasteiger partial charge in [-0.05, 0) is 105 Å². The molecule has 0 bridgehead atoms. The third kappa shape index (κ3) is 10.6. The Hall–Kier alpha value is -7.08. The lowest BCUT2D eigenvalue weighted by molar-refractivity contribution is -0.886. The Balaban J connectivity index is 0.000000226. The van der Waals surface area contributed by atoms with Gasteiger partial charge in [-0.1, -0.05) is 35.4 Å². The van der Waals surface area contributed by atoms with Gasteiger partial charge in [0.05, 0.1) is 53.9 Å². The van der Waals surface area contributed by atoms with Crippen LogP contribution in [0.3, 0.4) is 0 Å². The summed E-state index contributed by atoms with van der Waals surface area (Å²) >= 11 is 11.2. The number of H-pyrrole nitrogens is 2. The SMILES string of the molecule is C.Cc1cnc(C(=O)c2c(C)c[n+](O)c3[nH]ccc23)c(NS(=O)(=O)c2ccc(Cl)c(C(F)(F)F)c2)c1.Cc1cnc(C(=O)c2c(C)cnc3[nH]ccc23)c(NS(=O)(=O)c2ccc(Cl)c(C(F)(F)F)c2)c1. The van der Waals surface area contributed by atoms with Crippen LogP contribution in [0.25, 0.3) is 22.1 Å². The standard InChI is InChI=1S/C22H16ClF3N4O4S.C22H16ClF3N4O3S.CH4/c1-11-7-17(29-35(33,34)13-3-4-16(23)15(8-13)22(24,25)26)19(28-9-11)20(31)18-12(2)10-30(32)21-14(18)5-6-27-21;1-11-7-17(30-34(32,33)13-3-4-16(23)15(8-13)22(24,25)26)19(28-9-11)20(31)18-12(2)10-29-21-14(18)5-6-27-21;/h3-10,32H,1-2H3,(H,29,31);3-10,30H,1-2H3,(H,27,29);1H4/p+1. The first-order chi connectivity index (χ1) is 32.2. The molecule has 0 spiro atoms. The van der Waals surface area contributed by atoms with Crippen LogP contribution in [-0.4, -0.2) is 58.5 Å². The third-order valence-electron chi connectivity index (χ3n) is 10.2. The maximum absolute atomic E-state index is 13.5. The van der Waals surface area contributed by atoms with Crippen molar-refractivity contribution in [2.75, 3.05) is 9.44 Å². The molecule has 0 aliphatic heterocycles. The molecule has 366 valence electrons. The molecule has 0 unspecified atom stereocenters. The van der Waals surface area contributed by atoms with Crippen molar-refractivity contribution in [2.24, 2.45) is 0 Å². The number of alkyl halides is 6. The number of anilines is 2. The number of aromatic nitrogens is 6. The van der Waals surface area contributed by atoms with Crippen LogP contribution in [0.2, 0.25) is 10.0 Å². The Bertz CT molecular complexity index is 3620. The summed E-state index contributed by atoms with van der Waals surface area (Å²) in [6.07, 6.45) is -1.06. The zero-order valence-electron chi connectivity index (χ0n) is 35.8. The molecule has 0 amide bonds. The molecule has 0 atom stereocenters. The fraction of sp³-hybridized carbons (Fsp3) is 0.156. The third-order valence-corrected chi connectivity index (χ3v) is 13.6. The average Bonchev–Trinajstić information content (AvgIpc) is 3.94. The van der Waals surface area contributed by atoms with Gasteiger partial charge >= 0.3 is 18.0 Å². The molecule has 5 N–H and O–H groups in total. The monoisotopic (exact) mass is 1050 g/mol. The van der Waals surface area contributed by atoms with E-state index in [9.17, 15) is 58.0 Å². The summed E-state index contributed by atoms with van der Waals surface area (Å²) in [7, 11) is -9.10. The van der Waals surface area contributed by atoms with E-state index in [1.165, 1.54) is 43.1 Å². The normalized spacial score (nSPS) is 12.0. The molecule has 2 aromatic carbocycles. The summed E-state index contributed by atoms with van der Waals surface area (Å²) < 4.78 is 137. The average molecular weight is 1050 g/mol. The van der Waals surface area contributed by atoms with Crippen molar-refractivity contribution < 1.29 is 62.7 Å². The minimum atomic E-state index is -4.87. The van der Waals surface area contributed by atoms with Crippen LogP contribution in [0, 0.1) is 27.7 Å². The number of halogens is 8. The Morgan fingerprint density at radius 3 is 1.54 bits per heavy atom. The second kappa shape index (κ2) is 19.4. The maximum atomic E-state index is 13.5. The predicted octanol–water partition coefficient (Wildman–Crippen LogP) is 10.3. The minimum absolute atomic E-state index is 0. The highest BCUT2D eigenvalue weighted by Gasteiger charge is 2.36. The van der Waals surface area contributed by atoms with Crippen molar-refractivity contribution >= 4 is 88.3 Å². The van der Waals surface area contributed by atoms with E-state index in [2.05, 4.69) is 34.4 Å². The fourth-order valence-electron chi connectivity index (χ4n) is 7.06. The van der Waals surface area contributed by atoms with E-state index in [0.29, 0.717) is 50.8 Å². The number of hydrogen-bond donors (Lipinski definition) is 5. The molecule has 25 heteroatoms. The number of nitrogens with one attached hydrogen (secondary N) is 4. The van der Waals surface area contributed by atoms with Crippen LogP contribution in [0.1, 0.15) is 72.9 Å². The molecule has 15 nitrogen and oxygen atoms in total. The van der Waals surface area contributed by atoms with Crippen molar-refractivity contribution in [3.05, 3.63) is 164 Å². The Morgan fingerprint density at radius 1 is 0.629 bits per heavy atom. The summed E-state index contributed by atoms with van der Waals surface area (Å²) in [4.78, 5) is 43.7. The van der Waals surface area contributed by atoms with Crippen LogP contribution >= 0.6 is 23.2 Å². The molecule has 0 fully saturated rings. The lowest BCUT2D eigenvalue weighted by Crippen LogP contribution is -2.32. The number of aromatic amines is 2. The molecule has 70 heavy (non-hydrogen) atoms. The largest absolute Gasteiger partial charge is 0.417 e. The van der Waals surface area contributed by atoms with Gasteiger partial charge in [-0.25, -0.2) is 26.8 Å². The molecule has 0 radical (unpaired) electrons. The van der Waals surface area contributed by atoms with Crippen LogP contribution in [0.15, 0.2) is 108 Å². The van der Waals surface area contributed by atoms with Crippen molar-refractivity contribution in [3.8, 4) is 0 Å². The van der Waals surface area contributed by atoms with Gasteiger partial charge in [0, 0.05) is 46.9 Å². The van der Waals surface area contributed by atoms with Crippen LogP contribution in [0.5, 0.6) is 0 Å². The van der Waals surface area contributed by atoms with E-state index in [1.54, 1.807) is 46.0 Å². The number of sulfonamides is 2. The van der Waals surface area contributed by atoms with E-state index >= 15 is 0 Å². The maximum Gasteiger partial charge on any atom is 0.417 e. The quantitative estimate of drug-likeness (QED) is 0.0377. The summed E-state index contributed by atoms with van der Waals surface area (Å²) in [6, 6.07) is 10.4. The van der Waals surface area contributed by atoms with Gasteiger partial charge in [-0.15, -0.1) is 0 Å². The minimum Gasteiger partial charge on any atom is -0.350 e. The van der Waals surface area contributed by atoms with E-state index in [1.807, 2.05) is 0 Å². The number of nitrogens with zero attached hydrogens (tertiary/aromatic N) is 4. The lowest BCUT2D eigenvalue weighted by Gasteiger charge is -2.15. The van der Waals surface area contributed by atoms with E-state index in [-0.39, 0.29) is 47.0 Å². The zero-order valence-corrected chi connectivity index (χ0v) is 38.9. The molecule has 6 heterocycles. The van der Waals surface area contributed by atoms with Gasteiger partial charge in [0.2, 0.25) is 11.6 Å². The Kier molecular flexibility index (Phi) is 14.5. The second-order valence-corrected chi connectivity index (χ2v) is 19.5. The molecule has 0 saturated carbocycles. The van der Waals surface area contributed by atoms with Gasteiger partial charge in [0.1, 0.15) is 23.2 Å². The highest BCUT2D eigenvalue weighted by Crippen LogP contribution is 2.38. The number of carbonyl (C=O) groups is 2. The number of ketones is 2. The molecule has 0 aliphatic rings. The number of fused-ring (bicyclic) bond motifs is 2. The van der Waals surface area contributed by atoms with Gasteiger partial charge in [0.15, 0.2) is 0 Å². The van der Waals surface area contributed by atoms with E-state index in [0.717, 1.165) is 29.0 Å². The number of carbonyl (C=O) groups excluding carboxylic acids is 2.